The predicted molar refractivity (Wildman–Crippen MR) is 57.0 cm³/mol. The molecule has 0 unspecified atom stereocenters. The summed E-state index contributed by atoms with van der Waals surface area (Å²) in [4.78, 5) is 14.8. The average molecular weight is 204 g/mol. The van der Waals surface area contributed by atoms with Crippen LogP contribution in [0.25, 0.3) is 0 Å². The van der Waals surface area contributed by atoms with Crippen molar-refractivity contribution in [2.24, 2.45) is 4.99 Å². The van der Waals surface area contributed by atoms with Gasteiger partial charge in [-0.05, 0) is 5.56 Å². The minimum absolute atomic E-state index is 0.331. The van der Waals surface area contributed by atoms with Crippen LogP contribution in [-0.4, -0.2) is 29.5 Å². The zero-order valence-corrected chi connectivity index (χ0v) is 8.18. The van der Waals surface area contributed by atoms with Gasteiger partial charge >= 0.3 is 5.97 Å². The number of rotatable bonds is 3. The third-order valence-electron chi connectivity index (χ3n) is 2.32. The Kier molecular flexibility index (Phi) is 2.67. The standard InChI is InChI=1S/C11H12N2O2/c14-11(15)9-7-12-10(13-9)6-8-4-2-1-3-5-8/h1-5,9H,6-7H2,(H,12,13)(H,14,15)/t9-/m0/s1. The van der Waals surface area contributed by atoms with Gasteiger partial charge in [-0.3, -0.25) is 4.99 Å². The molecule has 0 saturated heterocycles. The number of nitrogens with one attached hydrogen (secondary N) is 1. The topological polar surface area (TPSA) is 61.7 Å². The summed E-state index contributed by atoms with van der Waals surface area (Å²) in [5, 5.41) is 11.7. The average Bonchev–Trinajstić information content (AvgIpc) is 2.68. The Labute approximate surface area is 87.7 Å². The zero-order valence-electron chi connectivity index (χ0n) is 8.18. The number of carbonyl (C=O) groups is 1. The van der Waals surface area contributed by atoms with Crippen molar-refractivity contribution in [2.75, 3.05) is 6.54 Å². The summed E-state index contributed by atoms with van der Waals surface area (Å²) in [6, 6.07) is 9.31. The second-order valence-electron chi connectivity index (χ2n) is 3.48. The molecule has 1 aliphatic heterocycles. The van der Waals surface area contributed by atoms with E-state index in [0.29, 0.717) is 13.0 Å². The van der Waals surface area contributed by atoms with E-state index in [4.69, 9.17) is 5.11 Å². The first kappa shape index (κ1) is 9.71. The normalized spacial score (nSPS) is 19.5. The SMILES string of the molecule is O=C(O)[C@@H]1CN=C(Cc2ccccc2)N1. The third-order valence-corrected chi connectivity index (χ3v) is 2.32. The highest BCUT2D eigenvalue weighted by Crippen LogP contribution is 2.04. The molecule has 2 rings (SSSR count). The monoisotopic (exact) mass is 204 g/mol. The summed E-state index contributed by atoms with van der Waals surface area (Å²) in [5.41, 5.74) is 1.13. The summed E-state index contributed by atoms with van der Waals surface area (Å²) < 4.78 is 0. The fourth-order valence-electron chi connectivity index (χ4n) is 1.53. The quantitative estimate of drug-likeness (QED) is 0.761. The number of aliphatic imine (C=N–C) groups is 1. The van der Waals surface area contributed by atoms with Crippen LogP contribution in [0, 0.1) is 0 Å². The first-order valence-electron chi connectivity index (χ1n) is 4.82. The highest BCUT2D eigenvalue weighted by Gasteiger charge is 2.23. The lowest BCUT2D eigenvalue weighted by atomic mass is 10.1. The molecule has 4 nitrogen and oxygen atoms in total. The molecule has 0 spiro atoms. The fraction of sp³-hybridized carbons (Fsp3) is 0.273. The predicted octanol–water partition coefficient (Wildman–Crippen LogP) is 0.684. The molecular weight excluding hydrogens is 192 g/mol. The Hall–Kier alpha value is -1.84. The lowest BCUT2D eigenvalue weighted by molar-refractivity contribution is -0.138. The molecule has 78 valence electrons. The summed E-state index contributed by atoms with van der Waals surface area (Å²) >= 11 is 0. The van der Waals surface area contributed by atoms with Gasteiger partial charge in [0.15, 0.2) is 0 Å². The van der Waals surface area contributed by atoms with Gasteiger partial charge in [-0.1, -0.05) is 30.3 Å². The molecule has 0 amide bonds. The first-order valence-corrected chi connectivity index (χ1v) is 4.82. The molecule has 0 bridgehead atoms. The van der Waals surface area contributed by atoms with Crippen LogP contribution in [-0.2, 0) is 11.2 Å². The van der Waals surface area contributed by atoms with E-state index in [9.17, 15) is 4.79 Å². The van der Waals surface area contributed by atoms with Crippen LogP contribution in [0.2, 0.25) is 0 Å². The Balaban J connectivity index is 1.96. The van der Waals surface area contributed by atoms with Gasteiger partial charge in [0.2, 0.25) is 0 Å². The van der Waals surface area contributed by atoms with Crippen LogP contribution >= 0.6 is 0 Å². The van der Waals surface area contributed by atoms with Crippen molar-refractivity contribution >= 4 is 11.8 Å². The maximum Gasteiger partial charge on any atom is 0.328 e. The van der Waals surface area contributed by atoms with Crippen molar-refractivity contribution in [3.63, 3.8) is 0 Å². The second-order valence-corrected chi connectivity index (χ2v) is 3.48. The van der Waals surface area contributed by atoms with Gasteiger partial charge in [0.25, 0.3) is 0 Å². The van der Waals surface area contributed by atoms with Gasteiger partial charge in [0.1, 0.15) is 11.9 Å². The van der Waals surface area contributed by atoms with Crippen LogP contribution in [0.5, 0.6) is 0 Å². The van der Waals surface area contributed by atoms with E-state index in [2.05, 4.69) is 10.3 Å². The van der Waals surface area contributed by atoms with E-state index in [1.54, 1.807) is 0 Å². The molecule has 15 heavy (non-hydrogen) atoms. The Bertz CT molecular complexity index is 387. The number of carboxylic acid groups (broad SMARTS) is 1. The number of benzene rings is 1. The van der Waals surface area contributed by atoms with E-state index >= 15 is 0 Å². The van der Waals surface area contributed by atoms with Gasteiger partial charge in [-0.25, -0.2) is 4.79 Å². The summed E-state index contributed by atoms with van der Waals surface area (Å²) in [6.45, 7) is 0.331. The minimum atomic E-state index is -0.846. The molecule has 1 atom stereocenters. The number of carboxylic acids is 1. The highest BCUT2D eigenvalue weighted by atomic mass is 16.4. The molecule has 1 aromatic carbocycles. The minimum Gasteiger partial charge on any atom is -0.480 e. The molecule has 1 heterocycles. The van der Waals surface area contributed by atoms with Gasteiger partial charge in [0, 0.05) is 6.42 Å². The molecular formula is C11H12N2O2. The van der Waals surface area contributed by atoms with Crippen molar-refractivity contribution in [3.05, 3.63) is 35.9 Å². The molecule has 1 aromatic rings. The smallest absolute Gasteiger partial charge is 0.328 e. The summed E-state index contributed by atoms with van der Waals surface area (Å²) in [7, 11) is 0. The van der Waals surface area contributed by atoms with E-state index in [0.717, 1.165) is 11.4 Å². The summed E-state index contributed by atoms with van der Waals surface area (Å²) in [5.74, 6) is -0.0876. The second kappa shape index (κ2) is 4.13. The van der Waals surface area contributed by atoms with Gasteiger partial charge in [0.05, 0.1) is 6.54 Å². The van der Waals surface area contributed by atoms with Gasteiger partial charge in [-0.15, -0.1) is 0 Å². The van der Waals surface area contributed by atoms with Crippen LogP contribution < -0.4 is 5.32 Å². The largest absolute Gasteiger partial charge is 0.480 e. The van der Waals surface area contributed by atoms with Crippen molar-refractivity contribution in [1.29, 1.82) is 0 Å². The van der Waals surface area contributed by atoms with E-state index < -0.39 is 12.0 Å². The number of hydrogen-bond acceptors (Lipinski definition) is 3. The van der Waals surface area contributed by atoms with Crippen molar-refractivity contribution in [1.82, 2.24) is 5.32 Å². The van der Waals surface area contributed by atoms with Crippen molar-refractivity contribution in [3.8, 4) is 0 Å². The molecule has 0 radical (unpaired) electrons. The molecule has 1 aliphatic rings. The molecule has 0 aromatic heterocycles. The third kappa shape index (κ3) is 2.34. The highest BCUT2D eigenvalue weighted by molar-refractivity contribution is 5.91. The van der Waals surface area contributed by atoms with Crippen LogP contribution in [0.3, 0.4) is 0 Å². The number of aliphatic carboxylic acids is 1. The Morgan fingerprint density at radius 3 is 2.80 bits per heavy atom. The zero-order chi connectivity index (χ0) is 10.7. The van der Waals surface area contributed by atoms with E-state index in [1.807, 2.05) is 30.3 Å². The molecule has 0 aliphatic carbocycles. The van der Waals surface area contributed by atoms with Crippen LogP contribution in [0.4, 0.5) is 0 Å². The van der Waals surface area contributed by atoms with E-state index in [1.165, 1.54) is 0 Å². The fourth-order valence-corrected chi connectivity index (χ4v) is 1.53. The number of nitrogens with zero attached hydrogens (tertiary/aromatic N) is 1. The lowest BCUT2D eigenvalue weighted by Crippen LogP contribution is -2.37. The van der Waals surface area contributed by atoms with Crippen LogP contribution in [0.15, 0.2) is 35.3 Å². The summed E-state index contributed by atoms with van der Waals surface area (Å²) in [6.07, 6.45) is 0.671. The van der Waals surface area contributed by atoms with Gasteiger partial charge in [-0.2, -0.15) is 0 Å². The maximum atomic E-state index is 10.7. The van der Waals surface area contributed by atoms with Crippen molar-refractivity contribution < 1.29 is 9.90 Å². The first-order chi connectivity index (χ1) is 7.25. The number of hydrogen-bond donors (Lipinski definition) is 2. The molecule has 2 N–H and O–H groups in total. The molecule has 0 saturated carbocycles. The molecule has 4 heteroatoms. The lowest BCUT2D eigenvalue weighted by Gasteiger charge is -2.06. The maximum absolute atomic E-state index is 10.7. The van der Waals surface area contributed by atoms with Crippen LogP contribution in [0.1, 0.15) is 5.56 Å². The molecule has 0 fully saturated rings. The van der Waals surface area contributed by atoms with Crippen molar-refractivity contribution in [2.45, 2.75) is 12.5 Å². The Morgan fingerprint density at radius 2 is 2.20 bits per heavy atom. The van der Waals surface area contributed by atoms with Gasteiger partial charge < -0.3 is 10.4 Å². The Morgan fingerprint density at radius 1 is 1.47 bits per heavy atom. The van der Waals surface area contributed by atoms with E-state index in [-0.39, 0.29) is 0 Å². The number of amidine groups is 1.